The maximum Gasteiger partial charge on any atom is 0.224 e. The zero-order valence-electron chi connectivity index (χ0n) is 14.3. The summed E-state index contributed by atoms with van der Waals surface area (Å²) in [5.74, 6) is 0.0871. The average molecular weight is 325 g/mol. The van der Waals surface area contributed by atoms with Crippen LogP contribution in [0.3, 0.4) is 0 Å². The summed E-state index contributed by atoms with van der Waals surface area (Å²) in [6.07, 6.45) is 8.59. The van der Waals surface area contributed by atoms with E-state index in [1.54, 1.807) is 6.20 Å². The van der Waals surface area contributed by atoms with Gasteiger partial charge in [0.05, 0.1) is 11.9 Å². The number of benzene rings is 1. The summed E-state index contributed by atoms with van der Waals surface area (Å²) in [5, 5.41) is 4.14. The van der Waals surface area contributed by atoms with Crippen molar-refractivity contribution in [3.05, 3.63) is 42.1 Å². The maximum absolute atomic E-state index is 12.2. The molecule has 0 radical (unpaired) electrons. The van der Waals surface area contributed by atoms with E-state index in [1.165, 1.54) is 38.8 Å². The molecule has 4 heteroatoms. The van der Waals surface area contributed by atoms with E-state index in [0.717, 1.165) is 36.0 Å². The Balaban J connectivity index is 1.44. The SMILES string of the molecule is O=C(Cc1cccc2cccnc12)NCCCN1CCCCCC1. The first-order valence-electron chi connectivity index (χ1n) is 9.14. The second kappa shape index (κ2) is 8.78. The van der Waals surface area contributed by atoms with Gasteiger partial charge in [-0.3, -0.25) is 9.78 Å². The molecule has 3 rings (SSSR count). The lowest BCUT2D eigenvalue weighted by atomic mass is 10.1. The van der Waals surface area contributed by atoms with Crippen molar-refractivity contribution in [2.24, 2.45) is 0 Å². The standard InChI is InChI=1S/C20H27N3O/c24-19(21-12-7-15-23-13-3-1-2-4-14-23)16-18-9-5-8-17-10-6-11-22-20(17)18/h5-6,8-11H,1-4,7,12-16H2,(H,21,24). The number of para-hydroxylation sites is 1. The predicted octanol–water partition coefficient (Wildman–Crippen LogP) is 3.16. The van der Waals surface area contributed by atoms with E-state index < -0.39 is 0 Å². The van der Waals surface area contributed by atoms with Crippen LogP contribution in [-0.2, 0) is 11.2 Å². The molecule has 1 aliphatic heterocycles. The molecule has 1 aromatic carbocycles. The summed E-state index contributed by atoms with van der Waals surface area (Å²) in [6, 6.07) is 9.98. The van der Waals surface area contributed by atoms with Crippen LogP contribution in [0.4, 0.5) is 0 Å². The Labute approximate surface area is 144 Å². The third kappa shape index (κ3) is 4.78. The van der Waals surface area contributed by atoms with E-state index in [-0.39, 0.29) is 5.91 Å². The van der Waals surface area contributed by atoms with E-state index in [1.807, 2.05) is 30.3 Å². The van der Waals surface area contributed by atoms with Crippen molar-refractivity contribution in [3.8, 4) is 0 Å². The predicted molar refractivity (Wildman–Crippen MR) is 98.0 cm³/mol. The van der Waals surface area contributed by atoms with Gasteiger partial charge in [0.1, 0.15) is 0 Å². The zero-order valence-corrected chi connectivity index (χ0v) is 14.3. The molecule has 2 aromatic rings. The molecular formula is C20H27N3O. The second-order valence-electron chi connectivity index (χ2n) is 6.63. The smallest absolute Gasteiger partial charge is 0.224 e. The van der Waals surface area contributed by atoms with Crippen LogP contribution in [-0.4, -0.2) is 42.0 Å². The van der Waals surface area contributed by atoms with Crippen LogP contribution in [0.1, 0.15) is 37.7 Å². The summed E-state index contributed by atoms with van der Waals surface area (Å²) < 4.78 is 0. The van der Waals surface area contributed by atoms with Crippen LogP contribution in [0.25, 0.3) is 10.9 Å². The molecule has 2 heterocycles. The zero-order chi connectivity index (χ0) is 16.6. The van der Waals surface area contributed by atoms with Gasteiger partial charge in [-0.2, -0.15) is 0 Å². The number of carbonyl (C=O) groups is 1. The number of hydrogen-bond acceptors (Lipinski definition) is 3. The number of carbonyl (C=O) groups excluding carboxylic acids is 1. The van der Waals surface area contributed by atoms with Crippen molar-refractivity contribution in [1.82, 2.24) is 15.2 Å². The third-order valence-electron chi connectivity index (χ3n) is 4.74. The number of nitrogens with zero attached hydrogens (tertiary/aromatic N) is 2. The fourth-order valence-electron chi connectivity index (χ4n) is 3.44. The molecule has 0 spiro atoms. The van der Waals surface area contributed by atoms with Crippen LogP contribution in [0.5, 0.6) is 0 Å². The number of pyridine rings is 1. The number of aromatic nitrogens is 1. The van der Waals surface area contributed by atoms with Gasteiger partial charge in [0, 0.05) is 18.1 Å². The summed E-state index contributed by atoms with van der Waals surface area (Å²) in [4.78, 5) is 19.2. The molecule has 128 valence electrons. The minimum atomic E-state index is 0.0871. The first-order chi connectivity index (χ1) is 11.8. The number of hydrogen-bond donors (Lipinski definition) is 1. The highest BCUT2D eigenvalue weighted by Crippen LogP contribution is 2.16. The number of likely N-dealkylation sites (tertiary alicyclic amines) is 1. The van der Waals surface area contributed by atoms with Crippen molar-refractivity contribution in [1.29, 1.82) is 0 Å². The highest BCUT2D eigenvalue weighted by Gasteiger charge is 2.10. The lowest BCUT2D eigenvalue weighted by Crippen LogP contribution is -2.31. The van der Waals surface area contributed by atoms with Gasteiger partial charge >= 0.3 is 0 Å². The van der Waals surface area contributed by atoms with Crippen molar-refractivity contribution < 1.29 is 4.79 Å². The topological polar surface area (TPSA) is 45.2 Å². The molecule has 1 aliphatic rings. The van der Waals surface area contributed by atoms with Gasteiger partial charge in [-0.05, 0) is 50.5 Å². The highest BCUT2D eigenvalue weighted by atomic mass is 16.1. The van der Waals surface area contributed by atoms with E-state index in [2.05, 4.69) is 15.2 Å². The molecule has 4 nitrogen and oxygen atoms in total. The summed E-state index contributed by atoms with van der Waals surface area (Å²) in [7, 11) is 0. The van der Waals surface area contributed by atoms with Crippen molar-refractivity contribution in [3.63, 3.8) is 0 Å². The Morgan fingerprint density at radius 1 is 1.08 bits per heavy atom. The molecule has 0 bridgehead atoms. The Morgan fingerprint density at radius 2 is 1.88 bits per heavy atom. The minimum Gasteiger partial charge on any atom is -0.356 e. The molecule has 0 saturated carbocycles. The van der Waals surface area contributed by atoms with Crippen molar-refractivity contribution in [2.45, 2.75) is 38.5 Å². The highest BCUT2D eigenvalue weighted by molar-refractivity contribution is 5.87. The lowest BCUT2D eigenvalue weighted by molar-refractivity contribution is -0.120. The largest absolute Gasteiger partial charge is 0.356 e. The normalized spacial score (nSPS) is 16.0. The number of amides is 1. The molecule has 0 unspecified atom stereocenters. The van der Waals surface area contributed by atoms with Gasteiger partial charge in [-0.1, -0.05) is 37.1 Å². The molecule has 1 amide bonds. The van der Waals surface area contributed by atoms with Gasteiger partial charge in [-0.15, -0.1) is 0 Å². The monoisotopic (exact) mass is 325 g/mol. The van der Waals surface area contributed by atoms with Crippen LogP contribution in [0.15, 0.2) is 36.5 Å². The Bertz CT molecular complexity index is 657. The second-order valence-corrected chi connectivity index (χ2v) is 6.63. The van der Waals surface area contributed by atoms with Gasteiger partial charge in [-0.25, -0.2) is 0 Å². The van der Waals surface area contributed by atoms with E-state index in [0.29, 0.717) is 6.42 Å². The molecule has 0 aliphatic carbocycles. The summed E-state index contributed by atoms with van der Waals surface area (Å²) >= 11 is 0. The quantitative estimate of drug-likeness (QED) is 0.830. The van der Waals surface area contributed by atoms with E-state index in [4.69, 9.17) is 0 Å². The van der Waals surface area contributed by atoms with Gasteiger partial charge in [0.25, 0.3) is 0 Å². The Hall–Kier alpha value is -1.94. The Morgan fingerprint density at radius 3 is 2.71 bits per heavy atom. The summed E-state index contributed by atoms with van der Waals surface area (Å²) in [5.41, 5.74) is 1.93. The third-order valence-corrected chi connectivity index (χ3v) is 4.74. The average Bonchev–Trinajstić information content (AvgIpc) is 2.88. The van der Waals surface area contributed by atoms with Gasteiger partial charge in [0.15, 0.2) is 0 Å². The molecule has 0 atom stereocenters. The molecule has 1 aromatic heterocycles. The fourth-order valence-corrected chi connectivity index (χ4v) is 3.44. The van der Waals surface area contributed by atoms with Gasteiger partial charge in [0.2, 0.25) is 5.91 Å². The van der Waals surface area contributed by atoms with Crippen LogP contribution in [0.2, 0.25) is 0 Å². The first-order valence-corrected chi connectivity index (χ1v) is 9.14. The number of fused-ring (bicyclic) bond motifs is 1. The molecule has 24 heavy (non-hydrogen) atoms. The first kappa shape index (κ1) is 16.9. The molecule has 1 fully saturated rings. The van der Waals surface area contributed by atoms with E-state index in [9.17, 15) is 4.79 Å². The van der Waals surface area contributed by atoms with Gasteiger partial charge < -0.3 is 10.2 Å². The fraction of sp³-hybridized carbons (Fsp3) is 0.500. The lowest BCUT2D eigenvalue weighted by Gasteiger charge is -2.19. The minimum absolute atomic E-state index is 0.0871. The van der Waals surface area contributed by atoms with Crippen LogP contribution >= 0.6 is 0 Å². The number of rotatable bonds is 6. The Kier molecular flexibility index (Phi) is 6.19. The maximum atomic E-state index is 12.2. The van der Waals surface area contributed by atoms with Crippen molar-refractivity contribution >= 4 is 16.8 Å². The molecule has 1 N–H and O–H groups in total. The van der Waals surface area contributed by atoms with Crippen LogP contribution in [0, 0.1) is 0 Å². The molecular weight excluding hydrogens is 298 g/mol. The summed E-state index contributed by atoms with van der Waals surface area (Å²) in [6.45, 7) is 4.29. The molecule has 1 saturated heterocycles. The van der Waals surface area contributed by atoms with E-state index >= 15 is 0 Å². The number of nitrogens with one attached hydrogen (secondary N) is 1. The van der Waals surface area contributed by atoms with Crippen LogP contribution < -0.4 is 5.32 Å². The van der Waals surface area contributed by atoms with Crippen molar-refractivity contribution in [2.75, 3.05) is 26.2 Å².